The molecule has 1 aromatic rings. The summed E-state index contributed by atoms with van der Waals surface area (Å²) in [5.74, 6) is 0. The fourth-order valence-corrected chi connectivity index (χ4v) is 3.15. The standard InChI is InChI=1S/C9H9Cl2F3N2O2S/c1-16(4-9(12,13)14)19(17,18)6-3-2-5(10)8(15)7(6)11/h2-3H,4,15H2,1H3. The molecule has 1 aromatic carbocycles. The lowest BCUT2D eigenvalue weighted by molar-refractivity contribution is -0.134. The number of anilines is 1. The van der Waals surface area contributed by atoms with Crippen LogP contribution in [0.15, 0.2) is 17.0 Å². The Bertz CT molecular complexity index is 590. The van der Waals surface area contributed by atoms with Crippen molar-refractivity contribution >= 4 is 38.9 Å². The maximum Gasteiger partial charge on any atom is 0.402 e. The van der Waals surface area contributed by atoms with Crippen molar-refractivity contribution in [3.05, 3.63) is 22.2 Å². The smallest absolute Gasteiger partial charge is 0.396 e. The number of rotatable bonds is 3. The molecule has 4 nitrogen and oxygen atoms in total. The van der Waals surface area contributed by atoms with E-state index in [-0.39, 0.29) is 15.0 Å². The van der Waals surface area contributed by atoms with Crippen LogP contribution in [0.2, 0.25) is 10.0 Å². The molecule has 0 aliphatic carbocycles. The third-order valence-corrected chi connectivity index (χ3v) is 4.88. The number of nitrogens with two attached hydrogens (primary N) is 1. The first-order valence-corrected chi connectivity index (χ1v) is 6.93. The molecule has 0 aliphatic heterocycles. The second kappa shape index (κ2) is 5.35. The Morgan fingerprint density at radius 2 is 1.84 bits per heavy atom. The summed E-state index contributed by atoms with van der Waals surface area (Å²) in [7, 11) is -3.60. The quantitative estimate of drug-likeness (QED) is 0.863. The van der Waals surface area contributed by atoms with E-state index in [1.165, 1.54) is 0 Å². The fraction of sp³-hybridized carbons (Fsp3) is 0.333. The molecule has 0 fully saturated rings. The topological polar surface area (TPSA) is 63.4 Å². The Labute approximate surface area is 117 Å². The van der Waals surface area contributed by atoms with Gasteiger partial charge in [-0.2, -0.15) is 17.5 Å². The van der Waals surface area contributed by atoms with Crippen molar-refractivity contribution in [2.75, 3.05) is 19.3 Å². The van der Waals surface area contributed by atoms with E-state index in [1.54, 1.807) is 0 Å². The van der Waals surface area contributed by atoms with Crippen molar-refractivity contribution in [2.24, 2.45) is 0 Å². The van der Waals surface area contributed by atoms with Crippen molar-refractivity contribution < 1.29 is 21.6 Å². The predicted molar refractivity (Wildman–Crippen MR) is 66.7 cm³/mol. The van der Waals surface area contributed by atoms with Gasteiger partial charge in [-0.1, -0.05) is 23.2 Å². The Morgan fingerprint density at radius 3 is 2.32 bits per heavy atom. The van der Waals surface area contributed by atoms with Crippen molar-refractivity contribution in [3.63, 3.8) is 0 Å². The van der Waals surface area contributed by atoms with Crippen LogP contribution in [0.3, 0.4) is 0 Å². The Morgan fingerprint density at radius 1 is 1.32 bits per heavy atom. The summed E-state index contributed by atoms with van der Waals surface area (Å²) in [4.78, 5) is -0.525. The number of halogens is 5. The number of hydrogen-bond donors (Lipinski definition) is 1. The van der Waals surface area contributed by atoms with Crippen LogP contribution in [0.1, 0.15) is 0 Å². The lowest BCUT2D eigenvalue weighted by atomic mass is 10.3. The Hall–Kier alpha value is -0.700. The Kier molecular flexibility index (Phi) is 4.61. The molecule has 0 bridgehead atoms. The van der Waals surface area contributed by atoms with Gasteiger partial charge in [0, 0.05) is 7.05 Å². The summed E-state index contributed by atoms with van der Waals surface area (Å²) in [6.07, 6.45) is -4.66. The van der Waals surface area contributed by atoms with Crippen LogP contribution in [0.4, 0.5) is 18.9 Å². The van der Waals surface area contributed by atoms with Gasteiger partial charge in [0.1, 0.15) is 11.4 Å². The van der Waals surface area contributed by atoms with Gasteiger partial charge in [0.05, 0.1) is 15.7 Å². The predicted octanol–water partition coefficient (Wildman–Crippen LogP) is 2.76. The van der Waals surface area contributed by atoms with Gasteiger partial charge in [0.15, 0.2) is 0 Å². The van der Waals surface area contributed by atoms with Gasteiger partial charge >= 0.3 is 6.18 Å². The van der Waals surface area contributed by atoms with Crippen LogP contribution in [-0.2, 0) is 10.0 Å². The summed E-state index contributed by atoms with van der Waals surface area (Å²) in [6, 6.07) is 2.15. The summed E-state index contributed by atoms with van der Waals surface area (Å²) in [6.45, 7) is -1.63. The van der Waals surface area contributed by atoms with E-state index in [4.69, 9.17) is 28.9 Å². The molecule has 0 unspecified atom stereocenters. The molecule has 0 aromatic heterocycles. The molecule has 0 saturated carbocycles. The summed E-state index contributed by atoms with van der Waals surface area (Å²) in [5, 5.41) is -0.385. The Balaban J connectivity index is 3.25. The van der Waals surface area contributed by atoms with Gasteiger partial charge < -0.3 is 5.73 Å². The normalized spacial score (nSPS) is 13.0. The highest BCUT2D eigenvalue weighted by Crippen LogP contribution is 2.34. The molecule has 0 amide bonds. The van der Waals surface area contributed by atoms with Crippen molar-refractivity contribution in [3.8, 4) is 0 Å². The zero-order chi connectivity index (χ0) is 15.0. The minimum Gasteiger partial charge on any atom is -0.396 e. The molecule has 0 radical (unpaired) electrons. The maximum atomic E-state index is 12.2. The first-order chi connectivity index (χ1) is 8.47. The minimum atomic E-state index is -4.66. The molecular formula is C9H9Cl2F3N2O2S. The number of alkyl halides is 3. The third kappa shape index (κ3) is 3.65. The average Bonchev–Trinajstić information content (AvgIpc) is 2.23. The number of nitrogen functional groups attached to an aromatic ring is 1. The van der Waals surface area contributed by atoms with E-state index in [9.17, 15) is 21.6 Å². The molecule has 0 aliphatic rings. The van der Waals surface area contributed by atoms with E-state index < -0.39 is 32.7 Å². The lowest BCUT2D eigenvalue weighted by Gasteiger charge is -2.20. The zero-order valence-corrected chi connectivity index (χ0v) is 11.8. The summed E-state index contributed by atoms with van der Waals surface area (Å²) < 4.78 is 60.6. The second-order valence-electron chi connectivity index (χ2n) is 3.65. The SMILES string of the molecule is CN(CC(F)(F)F)S(=O)(=O)c1ccc(Cl)c(N)c1Cl. The number of benzene rings is 1. The molecule has 0 atom stereocenters. The molecule has 108 valence electrons. The minimum absolute atomic E-state index is 0.0161. The van der Waals surface area contributed by atoms with Crippen molar-refractivity contribution in [1.82, 2.24) is 4.31 Å². The van der Waals surface area contributed by atoms with E-state index in [0.29, 0.717) is 0 Å². The number of hydrogen-bond acceptors (Lipinski definition) is 3. The molecular weight excluding hydrogens is 328 g/mol. The highest BCUT2D eigenvalue weighted by Gasteiger charge is 2.35. The van der Waals surface area contributed by atoms with Gasteiger partial charge in [0.25, 0.3) is 0 Å². The van der Waals surface area contributed by atoms with E-state index >= 15 is 0 Å². The third-order valence-electron chi connectivity index (χ3n) is 2.18. The molecule has 0 saturated heterocycles. The van der Waals surface area contributed by atoms with Gasteiger partial charge in [-0.3, -0.25) is 0 Å². The largest absolute Gasteiger partial charge is 0.402 e. The van der Waals surface area contributed by atoms with E-state index in [1.807, 2.05) is 0 Å². The van der Waals surface area contributed by atoms with Crippen LogP contribution < -0.4 is 5.73 Å². The first-order valence-electron chi connectivity index (χ1n) is 4.73. The van der Waals surface area contributed by atoms with Crippen molar-refractivity contribution in [2.45, 2.75) is 11.1 Å². The van der Waals surface area contributed by atoms with Crippen LogP contribution in [-0.4, -0.2) is 32.5 Å². The van der Waals surface area contributed by atoms with Gasteiger partial charge in [-0.05, 0) is 12.1 Å². The highest BCUT2D eigenvalue weighted by atomic mass is 35.5. The van der Waals surface area contributed by atoms with Crippen molar-refractivity contribution in [1.29, 1.82) is 0 Å². The van der Waals surface area contributed by atoms with Gasteiger partial charge in [-0.25, -0.2) is 8.42 Å². The highest BCUT2D eigenvalue weighted by molar-refractivity contribution is 7.89. The van der Waals surface area contributed by atoms with Gasteiger partial charge in [-0.15, -0.1) is 0 Å². The van der Waals surface area contributed by atoms with Crippen LogP contribution >= 0.6 is 23.2 Å². The van der Waals surface area contributed by atoms with Crippen LogP contribution in [0.25, 0.3) is 0 Å². The van der Waals surface area contributed by atoms with E-state index in [0.717, 1.165) is 19.2 Å². The molecule has 1 rings (SSSR count). The molecule has 0 spiro atoms. The monoisotopic (exact) mass is 336 g/mol. The maximum absolute atomic E-state index is 12.2. The first kappa shape index (κ1) is 16.4. The van der Waals surface area contributed by atoms with Crippen LogP contribution in [0.5, 0.6) is 0 Å². The summed E-state index contributed by atoms with van der Waals surface area (Å²) >= 11 is 11.3. The van der Waals surface area contributed by atoms with E-state index in [2.05, 4.69) is 0 Å². The lowest BCUT2D eigenvalue weighted by Crippen LogP contribution is -2.36. The van der Waals surface area contributed by atoms with Crippen LogP contribution in [0, 0.1) is 0 Å². The fourth-order valence-electron chi connectivity index (χ4n) is 1.25. The molecule has 10 heteroatoms. The second-order valence-corrected chi connectivity index (χ2v) is 6.45. The molecule has 2 N–H and O–H groups in total. The zero-order valence-electron chi connectivity index (χ0n) is 9.50. The number of sulfonamides is 1. The van der Waals surface area contributed by atoms with Gasteiger partial charge in [0.2, 0.25) is 10.0 Å². The number of nitrogens with zero attached hydrogens (tertiary/aromatic N) is 1. The molecule has 0 heterocycles. The summed E-state index contributed by atoms with van der Waals surface area (Å²) in [5.41, 5.74) is 5.23. The average molecular weight is 337 g/mol. The molecule has 19 heavy (non-hydrogen) atoms.